The molecule has 124 valence electrons. The van der Waals surface area contributed by atoms with E-state index in [4.69, 9.17) is 0 Å². The topological polar surface area (TPSA) is 48.5 Å². The van der Waals surface area contributed by atoms with E-state index in [1.54, 1.807) is 6.20 Å². The summed E-state index contributed by atoms with van der Waals surface area (Å²) in [5.74, 6) is 2.45. The lowest BCUT2D eigenvalue weighted by molar-refractivity contribution is 0.0781. The molecule has 1 amide bonds. The molecule has 1 aromatic rings. The van der Waals surface area contributed by atoms with E-state index >= 15 is 0 Å². The van der Waals surface area contributed by atoms with Gasteiger partial charge in [-0.2, -0.15) is 0 Å². The molecule has 3 aliphatic rings. The summed E-state index contributed by atoms with van der Waals surface area (Å²) in [6, 6.07) is 3.99. The zero-order valence-corrected chi connectivity index (χ0v) is 13.7. The van der Waals surface area contributed by atoms with Crippen LogP contribution in [0.1, 0.15) is 36.0 Å². The lowest BCUT2D eigenvalue weighted by Crippen LogP contribution is -2.32. The molecule has 4 rings (SSSR count). The second kappa shape index (κ2) is 6.48. The molecule has 0 aromatic carbocycles. The lowest BCUT2D eigenvalue weighted by Gasteiger charge is -2.22. The molecule has 2 atom stereocenters. The number of pyridine rings is 1. The number of nitrogens with zero attached hydrogens (tertiary/aromatic N) is 3. The van der Waals surface area contributed by atoms with Gasteiger partial charge in [-0.1, -0.05) is 12.8 Å². The van der Waals surface area contributed by atoms with E-state index in [-0.39, 0.29) is 5.91 Å². The molecule has 0 aliphatic carbocycles. The summed E-state index contributed by atoms with van der Waals surface area (Å²) < 4.78 is 0. The summed E-state index contributed by atoms with van der Waals surface area (Å²) in [7, 11) is 0. The average molecular weight is 314 g/mol. The van der Waals surface area contributed by atoms with Crippen molar-refractivity contribution in [1.82, 2.24) is 15.2 Å². The first-order chi connectivity index (χ1) is 11.3. The minimum absolute atomic E-state index is 0.148. The fourth-order valence-electron chi connectivity index (χ4n) is 4.20. The first kappa shape index (κ1) is 14.9. The van der Waals surface area contributed by atoms with Gasteiger partial charge in [0.05, 0.1) is 5.56 Å². The molecule has 0 spiro atoms. The van der Waals surface area contributed by atoms with E-state index < -0.39 is 0 Å². The highest BCUT2D eigenvalue weighted by atomic mass is 16.2. The van der Waals surface area contributed by atoms with E-state index in [1.807, 2.05) is 17.0 Å². The van der Waals surface area contributed by atoms with E-state index in [2.05, 4.69) is 15.2 Å². The highest BCUT2D eigenvalue weighted by Gasteiger charge is 2.38. The molecule has 0 unspecified atom stereocenters. The Morgan fingerprint density at radius 2 is 1.74 bits per heavy atom. The molecule has 5 heteroatoms. The standard InChI is InChI=1S/C18H26N4O/c23-18(22-12-15-9-19-10-16(15)13-22)14-5-6-17(20-11-14)21-7-3-1-2-4-8-21/h5-6,11,15-16,19H,1-4,7-10,12-13H2/t15-,16+. The van der Waals surface area contributed by atoms with E-state index in [9.17, 15) is 4.79 Å². The third kappa shape index (κ3) is 3.07. The van der Waals surface area contributed by atoms with Crippen LogP contribution in [0.15, 0.2) is 18.3 Å². The number of amides is 1. The van der Waals surface area contributed by atoms with Gasteiger partial charge in [-0.15, -0.1) is 0 Å². The quantitative estimate of drug-likeness (QED) is 0.903. The van der Waals surface area contributed by atoms with Gasteiger partial charge in [-0.3, -0.25) is 4.79 Å². The van der Waals surface area contributed by atoms with Gasteiger partial charge >= 0.3 is 0 Å². The van der Waals surface area contributed by atoms with Crippen LogP contribution in [0.4, 0.5) is 5.82 Å². The second-order valence-corrected chi connectivity index (χ2v) is 7.19. The van der Waals surface area contributed by atoms with Crippen molar-refractivity contribution in [1.29, 1.82) is 0 Å². The monoisotopic (exact) mass is 314 g/mol. The summed E-state index contributed by atoms with van der Waals surface area (Å²) >= 11 is 0. The highest BCUT2D eigenvalue weighted by Crippen LogP contribution is 2.27. The van der Waals surface area contributed by atoms with Gasteiger partial charge in [0.25, 0.3) is 5.91 Å². The predicted octanol–water partition coefficient (Wildman–Crippen LogP) is 1.75. The first-order valence-electron chi connectivity index (χ1n) is 9.02. The Morgan fingerprint density at radius 1 is 1.04 bits per heavy atom. The maximum Gasteiger partial charge on any atom is 0.255 e. The number of rotatable bonds is 2. The fourth-order valence-corrected chi connectivity index (χ4v) is 4.20. The van der Waals surface area contributed by atoms with Crippen molar-refractivity contribution < 1.29 is 4.79 Å². The molecule has 0 radical (unpaired) electrons. The maximum absolute atomic E-state index is 12.7. The molecule has 3 fully saturated rings. The summed E-state index contributed by atoms with van der Waals surface area (Å²) in [5.41, 5.74) is 0.733. The number of likely N-dealkylation sites (tertiary alicyclic amines) is 1. The molecule has 1 N–H and O–H groups in total. The van der Waals surface area contributed by atoms with Gasteiger partial charge in [0.1, 0.15) is 5.82 Å². The van der Waals surface area contributed by atoms with Crippen LogP contribution in [0.5, 0.6) is 0 Å². The SMILES string of the molecule is O=C(c1ccc(N2CCCCCC2)nc1)N1C[C@H]2CNC[C@H]2C1. The average Bonchev–Trinajstić information content (AvgIpc) is 3.07. The van der Waals surface area contributed by atoms with Crippen molar-refractivity contribution in [2.45, 2.75) is 25.7 Å². The first-order valence-corrected chi connectivity index (χ1v) is 9.02. The van der Waals surface area contributed by atoms with Gasteiger partial charge < -0.3 is 15.1 Å². The van der Waals surface area contributed by atoms with Gasteiger partial charge in [0.2, 0.25) is 0 Å². The molecule has 3 saturated heterocycles. The third-order valence-corrected chi connectivity index (χ3v) is 5.60. The molecule has 1 aromatic heterocycles. The number of fused-ring (bicyclic) bond motifs is 1. The molecule has 23 heavy (non-hydrogen) atoms. The molecule has 3 aliphatic heterocycles. The smallest absolute Gasteiger partial charge is 0.255 e. The Hall–Kier alpha value is -1.62. The zero-order chi connectivity index (χ0) is 15.6. The van der Waals surface area contributed by atoms with Crippen molar-refractivity contribution in [2.24, 2.45) is 11.8 Å². The number of hydrogen-bond acceptors (Lipinski definition) is 4. The van der Waals surface area contributed by atoms with Crippen LogP contribution < -0.4 is 10.2 Å². The van der Waals surface area contributed by atoms with Crippen molar-refractivity contribution >= 4 is 11.7 Å². The lowest BCUT2D eigenvalue weighted by atomic mass is 10.0. The van der Waals surface area contributed by atoms with Crippen LogP contribution >= 0.6 is 0 Å². The van der Waals surface area contributed by atoms with E-state index in [0.29, 0.717) is 11.8 Å². The number of carbonyl (C=O) groups is 1. The molecule has 0 bridgehead atoms. The summed E-state index contributed by atoms with van der Waals surface area (Å²) in [6.45, 7) is 6.07. The minimum atomic E-state index is 0.148. The molecular formula is C18H26N4O. The van der Waals surface area contributed by atoms with E-state index in [0.717, 1.165) is 50.6 Å². The number of aromatic nitrogens is 1. The van der Waals surface area contributed by atoms with Crippen LogP contribution in [0.3, 0.4) is 0 Å². The minimum Gasteiger partial charge on any atom is -0.357 e. The Labute approximate surface area is 138 Å². The Morgan fingerprint density at radius 3 is 2.35 bits per heavy atom. The third-order valence-electron chi connectivity index (χ3n) is 5.60. The Kier molecular flexibility index (Phi) is 4.21. The summed E-state index contributed by atoms with van der Waals surface area (Å²) in [4.78, 5) is 21.6. The molecule has 4 heterocycles. The van der Waals surface area contributed by atoms with Crippen molar-refractivity contribution in [3.63, 3.8) is 0 Å². The van der Waals surface area contributed by atoms with Crippen LogP contribution in [0.2, 0.25) is 0 Å². The van der Waals surface area contributed by atoms with Crippen molar-refractivity contribution in [3.8, 4) is 0 Å². The van der Waals surface area contributed by atoms with Gasteiger partial charge in [-0.05, 0) is 36.8 Å². The zero-order valence-electron chi connectivity index (χ0n) is 13.7. The van der Waals surface area contributed by atoms with Crippen LogP contribution in [0.25, 0.3) is 0 Å². The second-order valence-electron chi connectivity index (χ2n) is 7.19. The largest absolute Gasteiger partial charge is 0.357 e. The molecule has 5 nitrogen and oxygen atoms in total. The Bertz CT molecular complexity index is 539. The summed E-state index contributed by atoms with van der Waals surface area (Å²) in [5, 5.41) is 3.42. The van der Waals surface area contributed by atoms with Gasteiger partial charge in [-0.25, -0.2) is 4.98 Å². The van der Waals surface area contributed by atoms with Gasteiger partial charge in [0.15, 0.2) is 0 Å². The van der Waals surface area contributed by atoms with Crippen LogP contribution in [0, 0.1) is 11.8 Å². The van der Waals surface area contributed by atoms with Crippen molar-refractivity contribution in [3.05, 3.63) is 23.9 Å². The summed E-state index contributed by atoms with van der Waals surface area (Å²) in [6.07, 6.45) is 6.90. The number of anilines is 1. The maximum atomic E-state index is 12.7. The highest BCUT2D eigenvalue weighted by molar-refractivity contribution is 5.94. The number of carbonyl (C=O) groups excluding carboxylic acids is 1. The molecular weight excluding hydrogens is 288 g/mol. The number of hydrogen-bond donors (Lipinski definition) is 1. The van der Waals surface area contributed by atoms with Crippen molar-refractivity contribution in [2.75, 3.05) is 44.2 Å². The predicted molar refractivity (Wildman–Crippen MR) is 90.7 cm³/mol. The van der Waals surface area contributed by atoms with Gasteiger partial charge in [0, 0.05) is 45.5 Å². The number of nitrogens with one attached hydrogen (secondary N) is 1. The molecule has 0 saturated carbocycles. The van der Waals surface area contributed by atoms with E-state index in [1.165, 1.54) is 25.7 Å². The van der Waals surface area contributed by atoms with Crippen LogP contribution in [-0.2, 0) is 0 Å². The normalized spacial score (nSPS) is 27.8. The van der Waals surface area contributed by atoms with Crippen LogP contribution in [-0.4, -0.2) is 55.1 Å². The fraction of sp³-hybridized carbons (Fsp3) is 0.667. The Balaban J connectivity index is 1.42.